The van der Waals surface area contributed by atoms with Gasteiger partial charge in [0, 0.05) is 45.0 Å². The smallest absolute Gasteiger partial charge is 0.0742 e. The van der Waals surface area contributed by atoms with E-state index in [1.807, 2.05) is 12.3 Å². The Kier molecular flexibility index (Phi) is 5.95. The predicted octanol–water partition coefficient (Wildman–Crippen LogP) is 2.99. The van der Waals surface area contributed by atoms with E-state index in [2.05, 4.69) is 57.2 Å². The summed E-state index contributed by atoms with van der Waals surface area (Å²) in [6.45, 7) is 6.33. The first-order chi connectivity index (χ1) is 12.9. The molecular formula is C22H29N3O. The van der Waals surface area contributed by atoms with Gasteiger partial charge < -0.3 is 4.74 Å². The molecule has 0 N–H and O–H groups in total. The van der Waals surface area contributed by atoms with Gasteiger partial charge in [-0.2, -0.15) is 0 Å². The normalized spacial score (nSPS) is 23.2. The van der Waals surface area contributed by atoms with Gasteiger partial charge in [-0.15, -0.1) is 0 Å². The summed E-state index contributed by atoms with van der Waals surface area (Å²) in [5.74, 6) is 0. The molecule has 138 valence electrons. The zero-order valence-electron chi connectivity index (χ0n) is 15.5. The van der Waals surface area contributed by atoms with E-state index in [0.29, 0.717) is 12.1 Å². The Morgan fingerprint density at radius 2 is 1.77 bits per heavy atom. The second-order valence-corrected chi connectivity index (χ2v) is 7.51. The number of piperidine rings is 1. The molecular weight excluding hydrogens is 322 g/mol. The van der Waals surface area contributed by atoms with Crippen LogP contribution in [0.25, 0.3) is 0 Å². The van der Waals surface area contributed by atoms with Crippen molar-refractivity contribution in [1.29, 1.82) is 0 Å². The second-order valence-electron chi connectivity index (χ2n) is 7.51. The molecule has 1 aromatic heterocycles. The van der Waals surface area contributed by atoms with Crippen LogP contribution < -0.4 is 0 Å². The average molecular weight is 351 g/mol. The minimum absolute atomic E-state index is 0.331. The van der Waals surface area contributed by atoms with Crippen molar-refractivity contribution in [2.75, 3.05) is 32.8 Å². The summed E-state index contributed by atoms with van der Waals surface area (Å²) in [4.78, 5) is 9.68. The van der Waals surface area contributed by atoms with E-state index in [4.69, 9.17) is 4.74 Å². The number of nitrogens with zero attached hydrogens (tertiary/aromatic N) is 3. The summed E-state index contributed by atoms with van der Waals surface area (Å²) >= 11 is 0. The highest BCUT2D eigenvalue weighted by atomic mass is 16.5. The fraction of sp³-hybridized carbons (Fsp3) is 0.500. The molecule has 4 rings (SSSR count). The van der Waals surface area contributed by atoms with Gasteiger partial charge in [-0.1, -0.05) is 36.4 Å². The molecule has 2 aliphatic rings. The largest absolute Gasteiger partial charge is 0.375 e. The van der Waals surface area contributed by atoms with Crippen molar-refractivity contribution in [2.24, 2.45) is 0 Å². The van der Waals surface area contributed by atoms with Crippen molar-refractivity contribution >= 4 is 0 Å². The summed E-state index contributed by atoms with van der Waals surface area (Å²) in [5, 5.41) is 0. The first-order valence-electron chi connectivity index (χ1n) is 9.88. The Balaban J connectivity index is 1.26. The lowest BCUT2D eigenvalue weighted by Crippen LogP contribution is -2.51. The number of hydrogen-bond donors (Lipinski definition) is 0. The molecule has 2 fully saturated rings. The third kappa shape index (κ3) is 4.70. The van der Waals surface area contributed by atoms with Gasteiger partial charge in [0.25, 0.3) is 0 Å². The predicted molar refractivity (Wildman–Crippen MR) is 104 cm³/mol. The van der Waals surface area contributed by atoms with Gasteiger partial charge in [-0.05, 0) is 37.0 Å². The summed E-state index contributed by atoms with van der Waals surface area (Å²) < 4.78 is 6.04. The number of morpholine rings is 1. The van der Waals surface area contributed by atoms with Gasteiger partial charge in [0.15, 0.2) is 0 Å². The van der Waals surface area contributed by atoms with E-state index in [9.17, 15) is 0 Å². The van der Waals surface area contributed by atoms with Gasteiger partial charge in [0.1, 0.15) is 0 Å². The first-order valence-corrected chi connectivity index (χ1v) is 9.88. The van der Waals surface area contributed by atoms with Gasteiger partial charge in [0.2, 0.25) is 0 Å². The van der Waals surface area contributed by atoms with Gasteiger partial charge in [-0.25, -0.2) is 0 Å². The fourth-order valence-corrected chi connectivity index (χ4v) is 4.24. The molecule has 0 aliphatic carbocycles. The Labute approximate surface area is 156 Å². The number of hydrogen-bond acceptors (Lipinski definition) is 4. The monoisotopic (exact) mass is 351 g/mol. The molecule has 0 spiro atoms. The first kappa shape index (κ1) is 17.7. The van der Waals surface area contributed by atoms with Gasteiger partial charge in [-0.3, -0.25) is 14.8 Å². The topological polar surface area (TPSA) is 28.6 Å². The molecule has 0 amide bonds. The molecule has 2 aliphatic heterocycles. The standard InChI is InChI=1S/C22H29N3O/c1-2-6-19(7-3-1)16-22-18-25(14-15-26-22)21-9-12-24(13-10-21)17-20-8-4-5-11-23-20/h1-8,11,21-22H,9-10,12-18H2. The van der Waals surface area contributed by atoms with Crippen molar-refractivity contribution in [3.05, 3.63) is 66.0 Å². The van der Waals surface area contributed by atoms with Crippen LogP contribution >= 0.6 is 0 Å². The van der Waals surface area contributed by atoms with Crippen LogP contribution in [0.3, 0.4) is 0 Å². The lowest BCUT2D eigenvalue weighted by molar-refractivity contribution is -0.0514. The van der Waals surface area contributed by atoms with Crippen LogP contribution in [0.15, 0.2) is 54.7 Å². The number of benzene rings is 1. The summed E-state index contributed by atoms with van der Waals surface area (Å²) in [7, 11) is 0. The highest BCUT2D eigenvalue weighted by Crippen LogP contribution is 2.21. The van der Waals surface area contributed by atoms with E-state index in [1.54, 1.807) is 0 Å². The van der Waals surface area contributed by atoms with Crippen LogP contribution in [0.1, 0.15) is 24.1 Å². The van der Waals surface area contributed by atoms with Crippen LogP contribution in [-0.2, 0) is 17.7 Å². The third-order valence-electron chi connectivity index (χ3n) is 5.66. The summed E-state index contributed by atoms with van der Waals surface area (Å²) in [6.07, 6.45) is 5.76. The molecule has 1 aromatic carbocycles. The minimum atomic E-state index is 0.331. The molecule has 0 saturated carbocycles. The third-order valence-corrected chi connectivity index (χ3v) is 5.66. The van der Waals surface area contributed by atoms with Gasteiger partial charge >= 0.3 is 0 Å². The van der Waals surface area contributed by atoms with Gasteiger partial charge in [0.05, 0.1) is 18.4 Å². The molecule has 2 saturated heterocycles. The number of likely N-dealkylation sites (tertiary alicyclic amines) is 1. The van der Waals surface area contributed by atoms with E-state index >= 15 is 0 Å². The highest BCUT2D eigenvalue weighted by Gasteiger charge is 2.29. The Bertz CT molecular complexity index is 656. The minimum Gasteiger partial charge on any atom is -0.375 e. The molecule has 26 heavy (non-hydrogen) atoms. The lowest BCUT2D eigenvalue weighted by atomic mass is 10.00. The molecule has 3 heterocycles. The SMILES string of the molecule is c1ccc(CC2CN(C3CCN(Cc4ccccn4)CC3)CCO2)cc1. The van der Waals surface area contributed by atoms with E-state index in [-0.39, 0.29) is 0 Å². The molecule has 4 heteroatoms. The molecule has 0 bridgehead atoms. The number of aromatic nitrogens is 1. The Morgan fingerprint density at radius 3 is 2.54 bits per heavy atom. The average Bonchev–Trinajstić information content (AvgIpc) is 2.70. The van der Waals surface area contributed by atoms with E-state index in [0.717, 1.165) is 32.7 Å². The van der Waals surface area contributed by atoms with Crippen LogP contribution in [0, 0.1) is 0 Å². The maximum absolute atomic E-state index is 6.04. The summed E-state index contributed by atoms with van der Waals surface area (Å²) in [6, 6.07) is 17.6. The van der Waals surface area contributed by atoms with Crippen LogP contribution in [-0.4, -0.2) is 59.7 Å². The van der Waals surface area contributed by atoms with Crippen molar-refractivity contribution in [1.82, 2.24) is 14.8 Å². The molecule has 1 atom stereocenters. The molecule has 2 aromatic rings. The number of ether oxygens (including phenoxy) is 1. The van der Waals surface area contributed by atoms with Crippen molar-refractivity contribution in [3.63, 3.8) is 0 Å². The molecule has 4 nitrogen and oxygen atoms in total. The van der Waals surface area contributed by atoms with Crippen LogP contribution in [0.4, 0.5) is 0 Å². The highest BCUT2D eigenvalue weighted by molar-refractivity contribution is 5.15. The van der Waals surface area contributed by atoms with Crippen molar-refractivity contribution < 1.29 is 4.74 Å². The Morgan fingerprint density at radius 1 is 0.962 bits per heavy atom. The quantitative estimate of drug-likeness (QED) is 0.828. The summed E-state index contributed by atoms with van der Waals surface area (Å²) in [5.41, 5.74) is 2.56. The fourth-order valence-electron chi connectivity index (χ4n) is 4.24. The maximum Gasteiger partial charge on any atom is 0.0742 e. The molecule has 1 unspecified atom stereocenters. The number of rotatable bonds is 5. The van der Waals surface area contributed by atoms with Crippen molar-refractivity contribution in [2.45, 2.75) is 38.0 Å². The zero-order valence-corrected chi connectivity index (χ0v) is 15.5. The molecule has 0 radical (unpaired) electrons. The lowest BCUT2D eigenvalue weighted by Gasteiger charge is -2.42. The van der Waals surface area contributed by atoms with E-state index in [1.165, 1.54) is 37.2 Å². The van der Waals surface area contributed by atoms with E-state index < -0.39 is 0 Å². The zero-order chi connectivity index (χ0) is 17.6. The van der Waals surface area contributed by atoms with Crippen molar-refractivity contribution in [3.8, 4) is 0 Å². The maximum atomic E-state index is 6.04. The second kappa shape index (κ2) is 8.76. The van der Waals surface area contributed by atoms with Crippen LogP contribution in [0.2, 0.25) is 0 Å². The Hall–Kier alpha value is -1.75. The van der Waals surface area contributed by atoms with Crippen LogP contribution in [0.5, 0.6) is 0 Å². The number of pyridine rings is 1.